The fourth-order valence-corrected chi connectivity index (χ4v) is 2.27. The largest absolute Gasteiger partial charge is 0.469 e. The van der Waals surface area contributed by atoms with E-state index in [0.29, 0.717) is 33.0 Å². The summed E-state index contributed by atoms with van der Waals surface area (Å²) >= 11 is 0. The van der Waals surface area contributed by atoms with Gasteiger partial charge in [-0.3, -0.25) is 14.4 Å². The van der Waals surface area contributed by atoms with E-state index in [1.54, 1.807) is 20.8 Å². The Kier molecular flexibility index (Phi) is 15.4. The maximum atomic E-state index is 12.4. The average Bonchev–Trinajstić information content (AvgIpc) is 2.67. The highest BCUT2D eigenvalue weighted by molar-refractivity contribution is 5.84. The lowest BCUT2D eigenvalue weighted by molar-refractivity contribution is -0.158. The summed E-state index contributed by atoms with van der Waals surface area (Å²) < 4.78 is 25.6. The fourth-order valence-electron chi connectivity index (χ4n) is 2.27. The van der Waals surface area contributed by atoms with Gasteiger partial charge in [0.1, 0.15) is 12.2 Å². The molecular formula is C21H35NO8. The molecule has 0 fully saturated rings. The molecule has 0 rings (SSSR count). The molecule has 1 N–H and O–H groups in total. The van der Waals surface area contributed by atoms with Gasteiger partial charge >= 0.3 is 11.9 Å². The molecule has 9 nitrogen and oxygen atoms in total. The number of carbonyl (C=O) groups excluding carboxylic acids is 3. The normalized spacial score (nSPS) is 12.0. The zero-order valence-electron chi connectivity index (χ0n) is 18.5. The van der Waals surface area contributed by atoms with Crippen molar-refractivity contribution in [2.24, 2.45) is 5.92 Å². The van der Waals surface area contributed by atoms with Crippen LogP contribution >= 0.6 is 0 Å². The van der Waals surface area contributed by atoms with Crippen LogP contribution in [0.3, 0.4) is 0 Å². The summed E-state index contributed by atoms with van der Waals surface area (Å²) in [5.74, 6) is 0.400. The van der Waals surface area contributed by atoms with E-state index in [9.17, 15) is 14.4 Å². The molecule has 0 saturated carbocycles. The molecule has 0 aromatic heterocycles. The third-order valence-corrected chi connectivity index (χ3v) is 3.60. The van der Waals surface area contributed by atoms with Gasteiger partial charge in [-0.2, -0.15) is 0 Å². The van der Waals surface area contributed by atoms with Gasteiger partial charge < -0.3 is 29.0 Å². The Labute approximate surface area is 179 Å². The zero-order valence-corrected chi connectivity index (χ0v) is 18.5. The van der Waals surface area contributed by atoms with Crippen molar-refractivity contribution >= 4 is 17.8 Å². The molecule has 1 amide bonds. The van der Waals surface area contributed by atoms with Crippen molar-refractivity contribution in [3.05, 3.63) is 0 Å². The first-order valence-electron chi connectivity index (χ1n) is 9.92. The molecule has 0 radical (unpaired) electrons. The predicted molar refractivity (Wildman–Crippen MR) is 110 cm³/mol. The third kappa shape index (κ3) is 16.8. The van der Waals surface area contributed by atoms with E-state index in [2.05, 4.69) is 16.0 Å². The summed E-state index contributed by atoms with van der Waals surface area (Å²) in [4.78, 5) is 35.9. The number of esters is 2. The van der Waals surface area contributed by atoms with Gasteiger partial charge in [0, 0.05) is 18.9 Å². The summed E-state index contributed by atoms with van der Waals surface area (Å²) in [7, 11) is 1.27. The van der Waals surface area contributed by atoms with E-state index in [-0.39, 0.29) is 38.3 Å². The second-order valence-corrected chi connectivity index (χ2v) is 7.37. The molecule has 0 bridgehead atoms. The molecule has 0 saturated heterocycles. The molecule has 30 heavy (non-hydrogen) atoms. The van der Waals surface area contributed by atoms with Gasteiger partial charge in [-0.05, 0) is 27.2 Å². The predicted octanol–water partition coefficient (Wildman–Crippen LogP) is 1.09. The lowest BCUT2D eigenvalue weighted by Gasteiger charge is -2.22. The number of carbonyl (C=O) groups is 3. The Morgan fingerprint density at radius 3 is 2.13 bits per heavy atom. The van der Waals surface area contributed by atoms with Crippen LogP contribution in [0.25, 0.3) is 0 Å². The lowest BCUT2D eigenvalue weighted by atomic mass is 9.98. The van der Waals surface area contributed by atoms with Crippen molar-refractivity contribution in [1.29, 1.82) is 0 Å². The number of methoxy groups -OCH3 is 1. The monoisotopic (exact) mass is 429 g/mol. The quantitative estimate of drug-likeness (QED) is 0.221. The van der Waals surface area contributed by atoms with Crippen LogP contribution in [-0.4, -0.2) is 76.7 Å². The van der Waals surface area contributed by atoms with Crippen molar-refractivity contribution in [2.75, 3.05) is 53.3 Å². The average molecular weight is 430 g/mol. The number of nitrogens with one attached hydrogen (secondary N) is 1. The maximum Gasteiger partial charge on any atom is 0.307 e. The summed E-state index contributed by atoms with van der Waals surface area (Å²) in [5, 5.41) is 2.71. The zero-order chi connectivity index (χ0) is 22.8. The molecule has 0 aliphatic carbocycles. The molecule has 0 aliphatic rings. The first-order chi connectivity index (χ1) is 14.2. The van der Waals surface area contributed by atoms with Crippen molar-refractivity contribution < 1.29 is 38.1 Å². The highest BCUT2D eigenvalue weighted by atomic mass is 16.6. The van der Waals surface area contributed by atoms with Crippen LogP contribution in [0.15, 0.2) is 0 Å². The molecule has 0 unspecified atom stereocenters. The minimum Gasteiger partial charge on any atom is -0.469 e. The standard InChI is InChI=1S/C21H35NO8/c1-6-10-27-12-14-29-15-13-28-11-9-22-20(25)17(7-8-18(23)26-5)16-19(24)30-21(2,3)4/h1,17H,7-16H2,2-5H3,(H,22,25)/t17-/m0/s1. The van der Waals surface area contributed by atoms with E-state index in [1.807, 2.05) is 0 Å². The Hall–Kier alpha value is -2.15. The molecule has 172 valence electrons. The summed E-state index contributed by atoms with van der Waals surface area (Å²) in [6.45, 7) is 7.68. The van der Waals surface area contributed by atoms with Gasteiger partial charge in [0.2, 0.25) is 5.91 Å². The van der Waals surface area contributed by atoms with Gasteiger partial charge in [0.25, 0.3) is 0 Å². The van der Waals surface area contributed by atoms with Crippen LogP contribution in [0.2, 0.25) is 0 Å². The maximum absolute atomic E-state index is 12.4. The topological polar surface area (TPSA) is 109 Å². The highest BCUT2D eigenvalue weighted by Crippen LogP contribution is 2.16. The van der Waals surface area contributed by atoms with Gasteiger partial charge in [0.15, 0.2) is 0 Å². The number of hydrogen-bond donors (Lipinski definition) is 1. The number of hydrogen-bond acceptors (Lipinski definition) is 8. The molecule has 1 atom stereocenters. The van der Waals surface area contributed by atoms with E-state index in [1.165, 1.54) is 7.11 Å². The van der Waals surface area contributed by atoms with Crippen molar-refractivity contribution in [2.45, 2.75) is 45.6 Å². The van der Waals surface area contributed by atoms with Gasteiger partial charge in [-0.15, -0.1) is 6.42 Å². The molecule has 0 aliphatic heterocycles. The first-order valence-corrected chi connectivity index (χ1v) is 9.92. The van der Waals surface area contributed by atoms with E-state index in [0.717, 1.165) is 0 Å². The van der Waals surface area contributed by atoms with Gasteiger partial charge in [0.05, 0.1) is 46.6 Å². The molecule has 9 heteroatoms. The van der Waals surface area contributed by atoms with Crippen LogP contribution in [0.5, 0.6) is 0 Å². The molecule has 0 aromatic carbocycles. The van der Waals surface area contributed by atoms with Crippen molar-refractivity contribution in [3.8, 4) is 12.3 Å². The number of amides is 1. The smallest absolute Gasteiger partial charge is 0.307 e. The van der Waals surface area contributed by atoms with E-state index in [4.69, 9.17) is 25.4 Å². The van der Waals surface area contributed by atoms with Crippen molar-refractivity contribution in [1.82, 2.24) is 5.32 Å². The Morgan fingerprint density at radius 2 is 1.57 bits per heavy atom. The summed E-state index contributed by atoms with van der Waals surface area (Å²) in [6.07, 6.45) is 5.16. The lowest BCUT2D eigenvalue weighted by Crippen LogP contribution is -2.36. The summed E-state index contributed by atoms with van der Waals surface area (Å²) in [5.41, 5.74) is -0.649. The summed E-state index contributed by atoms with van der Waals surface area (Å²) in [6, 6.07) is 0. The molecular weight excluding hydrogens is 394 g/mol. The number of terminal acetylenes is 1. The Bertz CT molecular complexity index is 550. The van der Waals surface area contributed by atoms with Crippen LogP contribution in [0.1, 0.15) is 40.0 Å². The number of ether oxygens (including phenoxy) is 5. The van der Waals surface area contributed by atoms with Crippen LogP contribution < -0.4 is 5.32 Å². The Morgan fingerprint density at radius 1 is 0.967 bits per heavy atom. The second-order valence-electron chi connectivity index (χ2n) is 7.37. The van der Waals surface area contributed by atoms with E-state index < -0.39 is 23.5 Å². The second kappa shape index (κ2) is 16.6. The van der Waals surface area contributed by atoms with Crippen LogP contribution in [0.4, 0.5) is 0 Å². The van der Waals surface area contributed by atoms with Gasteiger partial charge in [-0.25, -0.2) is 0 Å². The fraction of sp³-hybridized carbons (Fsp3) is 0.762. The molecule has 0 heterocycles. The van der Waals surface area contributed by atoms with Crippen LogP contribution in [0, 0.1) is 18.3 Å². The number of rotatable bonds is 16. The molecule has 0 aromatic rings. The minimum atomic E-state index is -0.690. The highest BCUT2D eigenvalue weighted by Gasteiger charge is 2.26. The van der Waals surface area contributed by atoms with Gasteiger partial charge in [-0.1, -0.05) is 5.92 Å². The SMILES string of the molecule is C#CCOCCOCCOCCNC(=O)[C@@H](CCC(=O)OC)CC(=O)OC(C)(C)C. The van der Waals surface area contributed by atoms with Crippen LogP contribution in [-0.2, 0) is 38.1 Å². The van der Waals surface area contributed by atoms with Crippen molar-refractivity contribution in [3.63, 3.8) is 0 Å². The Balaban J connectivity index is 4.17. The van der Waals surface area contributed by atoms with E-state index >= 15 is 0 Å². The first kappa shape index (κ1) is 27.8. The third-order valence-electron chi connectivity index (χ3n) is 3.60. The minimum absolute atomic E-state index is 0.0380. The molecule has 0 spiro atoms.